The third-order valence-corrected chi connectivity index (χ3v) is 3.74. The maximum Gasteiger partial charge on any atom is 0.126 e. The second-order valence-corrected chi connectivity index (χ2v) is 5.60. The highest BCUT2D eigenvalue weighted by Gasteiger charge is 2.03. The number of aryl methyl sites for hydroxylation is 3. The lowest BCUT2D eigenvalue weighted by Gasteiger charge is -2.01. The molecule has 0 N–H and O–H groups in total. The molecule has 0 saturated carbocycles. The molecule has 2 rings (SSSR count). The van der Waals surface area contributed by atoms with Crippen LogP contribution in [-0.4, -0.2) is 15.0 Å². The average Bonchev–Trinajstić information content (AvgIpc) is 2.60. The number of hydrogen-bond acceptors (Lipinski definition) is 5. The summed E-state index contributed by atoms with van der Waals surface area (Å²) in [6.07, 6.45) is 0. The Bertz CT molecular complexity index is 473. The summed E-state index contributed by atoms with van der Waals surface area (Å²) in [5.41, 5.74) is 2.14. The van der Waals surface area contributed by atoms with Crippen LogP contribution in [0.2, 0.25) is 0 Å². The molecule has 0 aliphatic carbocycles. The summed E-state index contributed by atoms with van der Waals surface area (Å²) in [7, 11) is 0. The van der Waals surface area contributed by atoms with Crippen molar-refractivity contribution in [2.75, 3.05) is 0 Å². The van der Waals surface area contributed by atoms with E-state index in [4.69, 9.17) is 0 Å². The van der Waals surface area contributed by atoms with Gasteiger partial charge in [0.15, 0.2) is 0 Å². The van der Waals surface area contributed by atoms with Crippen LogP contribution in [0.25, 0.3) is 0 Å². The number of rotatable bonds is 3. The zero-order chi connectivity index (χ0) is 11.5. The molecule has 0 aliphatic rings. The SMILES string of the molecule is Cc1cc(SCc2csc(C)n2)nc(C)n1. The van der Waals surface area contributed by atoms with Gasteiger partial charge in [-0.2, -0.15) is 0 Å². The van der Waals surface area contributed by atoms with E-state index in [1.54, 1.807) is 23.1 Å². The zero-order valence-corrected chi connectivity index (χ0v) is 11.2. The van der Waals surface area contributed by atoms with E-state index < -0.39 is 0 Å². The summed E-state index contributed by atoms with van der Waals surface area (Å²) in [4.78, 5) is 13.1. The third-order valence-electron chi connectivity index (χ3n) is 1.98. The Hall–Kier alpha value is -0.940. The van der Waals surface area contributed by atoms with Crippen molar-refractivity contribution in [3.05, 3.63) is 33.7 Å². The first-order valence-corrected chi connectivity index (χ1v) is 6.86. The normalized spacial score (nSPS) is 10.7. The Morgan fingerprint density at radius 2 is 2.00 bits per heavy atom. The molecule has 0 amide bonds. The summed E-state index contributed by atoms with van der Waals surface area (Å²) in [5, 5.41) is 4.24. The van der Waals surface area contributed by atoms with Gasteiger partial charge in [-0.05, 0) is 26.8 Å². The molecule has 0 spiro atoms. The van der Waals surface area contributed by atoms with Crippen molar-refractivity contribution in [1.82, 2.24) is 15.0 Å². The highest BCUT2D eigenvalue weighted by atomic mass is 32.2. The Balaban J connectivity index is 2.04. The van der Waals surface area contributed by atoms with Gasteiger partial charge < -0.3 is 0 Å². The molecular weight excluding hydrogens is 238 g/mol. The molecule has 0 atom stereocenters. The molecule has 0 aromatic carbocycles. The summed E-state index contributed by atoms with van der Waals surface area (Å²) < 4.78 is 0. The summed E-state index contributed by atoms with van der Waals surface area (Å²) >= 11 is 3.40. The Morgan fingerprint density at radius 3 is 2.62 bits per heavy atom. The Kier molecular flexibility index (Phi) is 3.56. The van der Waals surface area contributed by atoms with Crippen LogP contribution in [0.3, 0.4) is 0 Å². The standard InChI is InChI=1S/C11H13N3S2/c1-7-4-11(13-8(2)12-7)16-6-10-5-15-9(3)14-10/h4-5H,6H2,1-3H3. The molecule has 84 valence electrons. The molecule has 0 fully saturated rings. The lowest BCUT2D eigenvalue weighted by molar-refractivity contribution is 0.935. The fourth-order valence-electron chi connectivity index (χ4n) is 1.38. The van der Waals surface area contributed by atoms with Gasteiger partial charge in [0.25, 0.3) is 0 Å². The highest BCUT2D eigenvalue weighted by molar-refractivity contribution is 7.98. The van der Waals surface area contributed by atoms with Gasteiger partial charge in [0.05, 0.1) is 10.7 Å². The Morgan fingerprint density at radius 1 is 1.19 bits per heavy atom. The minimum atomic E-state index is 0.831. The first kappa shape index (κ1) is 11.5. The van der Waals surface area contributed by atoms with Crippen LogP contribution < -0.4 is 0 Å². The van der Waals surface area contributed by atoms with Gasteiger partial charge in [0, 0.05) is 16.8 Å². The van der Waals surface area contributed by atoms with E-state index in [-0.39, 0.29) is 0 Å². The second-order valence-electron chi connectivity index (χ2n) is 3.54. The quantitative estimate of drug-likeness (QED) is 0.620. The van der Waals surface area contributed by atoms with E-state index in [1.807, 2.05) is 26.8 Å². The molecule has 0 radical (unpaired) electrons. The van der Waals surface area contributed by atoms with Crippen molar-refractivity contribution in [2.45, 2.75) is 31.6 Å². The topological polar surface area (TPSA) is 38.7 Å². The van der Waals surface area contributed by atoms with E-state index in [0.29, 0.717) is 0 Å². The number of thioether (sulfide) groups is 1. The van der Waals surface area contributed by atoms with Gasteiger partial charge in [0.1, 0.15) is 10.9 Å². The van der Waals surface area contributed by atoms with Gasteiger partial charge in [0.2, 0.25) is 0 Å². The van der Waals surface area contributed by atoms with Crippen molar-refractivity contribution < 1.29 is 0 Å². The third kappa shape index (κ3) is 3.02. The maximum absolute atomic E-state index is 4.42. The second kappa shape index (κ2) is 4.93. The molecule has 0 saturated heterocycles. The van der Waals surface area contributed by atoms with Crippen LogP contribution in [0.15, 0.2) is 16.5 Å². The summed E-state index contributed by atoms with van der Waals surface area (Å²) in [6, 6.07) is 2.01. The van der Waals surface area contributed by atoms with Crippen molar-refractivity contribution in [3.8, 4) is 0 Å². The van der Waals surface area contributed by atoms with Crippen LogP contribution >= 0.6 is 23.1 Å². The van der Waals surface area contributed by atoms with Gasteiger partial charge >= 0.3 is 0 Å². The fraction of sp³-hybridized carbons (Fsp3) is 0.364. The van der Waals surface area contributed by atoms with Crippen LogP contribution in [0.4, 0.5) is 0 Å². The van der Waals surface area contributed by atoms with E-state index in [0.717, 1.165) is 33.0 Å². The lowest BCUT2D eigenvalue weighted by Crippen LogP contribution is -1.93. The number of aromatic nitrogens is 3. The largest absolute Gasteiger partial charge is 0.246 e. The van der Waals surface area contributed by atoms with E-state index >= 15 is 0 Å². The van der Waals surface area contributed by atoms with Crippen molar-refractivity contribution in [3.63, 3.8) is 0 Å². The molecule has 3 nitrogen and oxygen atoms in total. The summed E-state index contributed by atoms with van der Waals surface area (Å²) in [6.45, 7) is 5.94. The average molecular weight is 251 g/mol. The van der Waals surface area contributed by atoms with Gasteiger partial charge in [-0.1, -0.05) is 11.8 Å². The number of thiazole rings is 1. The van der Waals surface area contributed by atoms with Crippen molar-refractivity contribution >= 4 is 23.1 Å². The molecule has 2 heterocycles. The number of hydrogen-bond donors (Lipinski definition) is 0. The van der Waals surface area contributed by atoms with E-state index in [9.17, 15) is 0 Å². The minimum Gasteiger partial charge on any atom is -0.246 e. The summed E-state index contributed by atoms with van der Waals surface area (Å²) in [5.74, 6) is 1.71. The van der Waals surface area contributed by atoms with Crippen molar-refractivity contribution in [1.29, 1.82) is 0 Å². The molecule has 5 heteroatoms. The number of nitrogens with zero attached hydrogens (tertiary/aromatic N) is 3. The predicted octanol–water partition coefficient (Wildman–Crippen LogP) is 3.15. The molecule has 0 unspecified atom stereocenters. The van der Waals surface area contributed by atoms with E-state index in [2.05, 4.69) is 20.3 Å². The van der Waals surface area contributed by atoms with Gasteiger partial charge in [-0.25, -0.2) is 15.0 Å². The van der Waals surface area contributed by atoms with E-state index in [1.165, 1.54) is 0 Å². The van der Waals surface area contributed by atoms with Crippen LogP contribution in [0, 0.1) is 20.8 Å². The highest BCUT2D eigenvalue weighted by Crippen LogP contribution is 2.22. The zero-order valence-electron chi connectivity index (χ0n) is 9.52. The lowest BCUT2D eigenvalue weighted by atomic mass is 10.4. The fourth-order valence-corrected chi connectivity index (χ4v) is 2.99. The monoisotopic (exact) mass is 251 g/mol. The molecule has 0 bridgehead atoms. The molecule has 2 aromatic heterocycles. The smallest absolute Gasteiger partial charge is 0.126 e. The Labute approximate surface area is 103 Å². The first-order valence-electron chi connectivity index (χ1n) is 4.99. The molecular formula is C11H13N3S2. The van der Waals surface area contributed by atoms with Crippen LogP contribution in [-0.2, 0) is 5.75 Å². The van der Waals surface area contributed by atoms with Crippen LogP contribution in [0.5, 0.6) is 0 Å². The molecule has 2 aromatic rings. The van der Waals surface area contributed by atoms with Gasteiger partial charge in [-0.3, -0.25) is 0 Å². The predicted molar refractivity (Wildman–Crippen MR) is 67.9 cm³/mol. The minimum absolute atomic E-state index is 0.831. The molecule has 16 heavy (non-hydrogen) atoms. The van der Waals surface area contributed by atoms with Gasteiger partial charge in [-0.15, -0.1) is 11.3 Å². The first-order chi connectivity index (χ1) is 7.63. The van der Waals surface area contributed by atoms with Crippen LogP contribution in [0.1, 0.15) is 22.2 Å². The molecule has 0 aliphatic heterocycles. The maximum atomic E-state index is 4.42. The van der Waals surface area contributed by atoms with Crippen molar-refractivity contribution in [2.24, 2.45) is 0 Å².